The Kier molecular flexibility index (Phi) is 5.85. The standard InChI is InChI=1S/C22H21ClN4O2S/c1-14-11-16(23)12-19-20(14)24-22(30-19)27(10-9-26(2)3)21(28)17-13-18(29-25-17)15-7-5-4-6-8-15/h4-8,11-13H,9-10H2,1-3H3. The minimum atomic E-state index is -0.245. The summed E-state index contributed by atoms with van der Waals surface area (Å²) in [5, 5.41) is 5.30. The first-order chi connectivity index (χ1) is 14.4. The van der Waals surface area contributed by atoms with E-state index >= 15 is 0 Å². The highest BCUT2D eigenvalue weighted by molar-refractivity contribution is 7.22. The van der Waals surface area contributed by atoms with Crippen LogP contribution in [0.15, 0.2) is 53.1 Å². The number of amides is 1. The van der Waals surface area contributed by atoms with Crippen LogP contribution >= 0.6 is 22.9 Å². The Labute approximate surface area is 183 Å². The van der Waals surface area contributed by atoms with Gasteiger partial charge >= 0.3 is 0 Å². The maximum Gasteiger partial charge on any atom is 0.282 e. The smallest absolute Gasteiger partial charge is 0.282 e. The summed E-state index contributed by atoms with van der Waals surface area (Å²) >= 11 is 7.65. The van der Waals surface area contributed by atoms with Crippen LogP contribution in [-0.4, -0.2) is 48.1 Å². The monoisotopic (exact) mass is 440 g/mol. The first-order valence-electron chi connectivity index (χ1n) is 9.48. The number of nitrogens with zero attached hydrogens (tertiary/aromatic N) is 4. The minimum absolute atomic E-state index is 0.245. The molecule has 0 saturated heterocycles. The van der Waals surface area contributed by atoms with Gasteiger partial charge in [-0.15, -0.1) is 0 Å². The average Bonchev–Trinajstić information content (AvgIpc) is 3.36. The van der Waals surface area contributed by atoms with Gasteiger partial charge in [-0.1, -0.05) is 58.4 Å². The van der Waals surface area contributed by atoms with Crippen LogP contribution in [0.4, 0.5) is 5.13 Å². The normalized spacial score (nSPS) is 11.4. The van der Waals surface area contributed by atoms with E-state index in [0.29, 0.717) is 29.0 Å². The number of anilines is 1. The Morgan fingerprint density at radius 2 is 1.90 bits per heavy atom. The van der Waals surface area contributed by atoms with Crippen LogP contribution in [0, 0.1) is 6.92 Å². The fourth-order valence-electron chi connectivity index (χ4n) is 3.09. The van der Waals surface area contributed by atoms with Gasteiger partial charge in [0.15, 0.2) is 16.6 Å². The van der Waals surface area contributed by atoms with Crippen LogP contribution < -0.4 is 4.90 Å². The number of carbonyl (C=O) groups excluding carboxylic acids is 1. The van der Waals surface area contributed by atoms with Gasteiger partial charge in [0.1, 0.15) is 0 Å². The number of halogens is 1. The zero-order valence-electron chi connectivity index (χ0n) is 16.9. The van der Waals surface area contributed by atoms with Crippen LogP contribution in [0.5, 0.6) is 0 Å². The maximum absolute atomic E-state index is 13.4. The highest BCUT2D eigenvalue weighted by atomic mass is 35.5. The molecule has 0 spiro atoms. The molecule has 0 unspecified atom stereocenters. The summed E-state index contributed by atoms with van der Waals surface area (Å²) in [6.07, 6.45) is 0. The maximum atomic E-state index is 13.4. The van der Waals surface area contributed by atoms with Gasteiger partial charge in [0.2, 0.25) is 0 Å². The van der Waals surface area contributed by atoms with Crippen molar-refractivity contribution in [2.75, 3.05) is 32.1 Å². The molecule has 0 bridgehead atoms. The number of carbonyl (C=O) groups is 1. The van der Waals surface area contributed by atoms with E-state index in [1.165, 1.54) is 11.3 Å². The molecule has 0 aliphatic heterocycles. The summed E-state index contributed by atoms with van der Waals surface area (Å²) in [6, 6.07) is 15.0. The number of benzene rings is 2. The molecular formula is C22H21ClN4O2S. The molecular weight excluding hydrogens is 420 g/mol. The topological polar surface area (TPSA) is 62.5 Å². The third-order valence-electron chi connectivity index (χ3n) is 4.67. The van der Waals surface area contributed by atoms with Crippen molar-refractivity contribution in [1.29, 1.82) is 0 Å². The molecule has 2 aromatic carbocycles. The molecule has 0 atom stereocenters. The van der Waals surface area contributed by atoms with Gasteiger partial charge in [0.05, 0.1) is 10.2 Å². The first-order valence-corrected chi connectivity index (χ1v) is 10.7. The Bertz CT molecular complexity index is 1190. The summed E-state index contributed by atoms with van der Waals surface area (Å²) < 4.78 is 6.38. The number of hydrogen-bond acceptors (Lipinski definition) is 6. The number of likely N-dealkylation sites (N-methyl/N-ethyl adjacent to an activating group) is 1. The second-order valence-corrected chi connectivity index (χ2v) is 8.71. The minimum Gasteiger partial charge on any atom is -0.355 e. The molecule has 0 aliphatic rings. The van der Waals surface area contributed by atoms with E-state index < -0.39 is 0 Å². The van der Waals surface area contributed by atoms with Gasteiger partial charge in [-0.2, -0.15) is 0 Å². The second kappa shape index (κ2) is 8.55. The highest BCUT2D eigenvalue weighted by Gasteiger charge is 2.25. The fraction of sp³-hybridized carbons (Fsp3) is 0.227. The molecule has 0 fully saturated rings. The van der Waals surface area contributed by atoms with Crippen molar-refractivity contribution in [3.8, 4) is 11.3 Å². The van der Waals surface area contributed by atoms with E-state index in [2.05, 4.69) is 5.16 Å². The number of fused-ring (bicyclic) bond motifs is 1. The van der Waals surface area contributed by atoms with Crippen molar-refractivity contribution in [1.82, 2.24) is 15.0 Å². The third-order valence-corrected chi connectivity index (χ3v) is 5.92. The van der Waals surface area contributed by atoms with Crippen molar-refractivity contribution in [3.05, 3.63) is 64.8 Å². The zero-order chi connectivity index (χ0) is 21.3. The summed E-state index contributed by atoms with van der Waals surface area (Å²) in [4.78, 5) is 21.8. The van der Waals surface area contributed by atoms with E-state index in [9.17, 15) is 4.79 Å². The van der Waals surface area contributed by atoms with Gasteiger partial charge in [0, 0.05) is 29.7 Å². The number of aryl methyl sites for hydroxylation is 1. The van der Waals surface area contributed by atoms with E-state index in [1.54, 1.807) is 11.0 Å². The molecule has 8 heteroatoms. The first kappa shape index (κ1) is 20.5. The molecule has 0 aliphatic carbocycles. The Morgan fingerprint density at radius 3 is 2.63 bits per heavy atom. The lowest BCUT2D eigenvalue weighted by atomic mass is 10.1. The van der Waals surface area contributed by atoms with Crippen molar-refractivity contribution in [3.63, 3.8) is 0 Å². The summed E-state index contributed by atoms with van der Waals surface area (Å²) in [5.41, 5.74) is 2.95. The van der Waals surface area contributed by atoms with Gasteiger partial charge in [-0.3, -0.25) is 9.69 Å². The summed E-state index contributed by atoms with van der Waals surface area (Å²) in [6.45, 7) is 3.13. The number of thiazole rings is 1. The van der Waals surface area contributed by atoms with Crippen molar-refractivity contribution < 1.29 is 9.32 Å². The Hall–Kier alpha value is -2.74. The fourth-order valence-corrected chi connectivity index (χ4v) is 4.54. The average molecular weight is 441 g/mol. The van der Waals surface area contributed by atoms with E-state index in [4.69, 9.17) is 21.1 Å². The van der Waals surface area contributed by atoms with Crippen molar-refractivity contribution in [2.45, 2.75) is 6.92 Å². The largest absolute Gasteiger partial charge is 0.355 e. The van der Waals surface area contributed by atoms with Gasteiger partial charge in [0.25, 0.3) is 5.91 Å². The van der Waals surface area contributed by atoms with Crippen LogP contribution in [0.2, 0.25) is 5.02 Å². The molecule has 1 amide bonds. The zero-order valence-corrected chi connectivity index (χ0v) is 18.5. The quantitative estimate of drug-likeness (QED) is 0.416. The third kappa shape index (κ3) is 4.23. The van der Waals surface area contributed by atoms with Crippen LogP contribution in [0.3, 0.4) is 0 Å². The molecule has 4 rings (SSSR count). The predicted molar refractivity (Wildman–Crippen MR) is 122 cm³/mol. The van der Waals surface area contributed by atoms with Crippen LogP contribution in [-0.2, 0) is 0 Å². The molecule has 0 saturated carbocycles. The molecule has 0 N–H and O–H groups in total. The van der Waals surface area contributed by atoms with Gasteiger partial charge < -0.3 is 9.42 Å². The molecule has 0 radical (unpaired) electrons. The predicted octanol–water partition coefficient (Wildman–Crippen LogP) is 5.12. The highest BCUT2D eigenvalue weighted by Crippen LogP contribution is 2.33. The number of aromatic nitrogens is 2. The number of rotatable bonds is 6. The lowest BCUT2D eigenvalue weighted by Crippen LogP contribution is -2.36. The Morgan fingerprint density at radius 1 is 1.13 bits per heavy atom. The van der Waals surface area contributed by atoms with Crippen molar-refractivity contribution >= 4 is 44.2 Å². The molecule has 30 heavy (non-hydrogen) atoms. The SMILES string of the molecule is Cc1cc(Cl)cc2sc(N(CCN(C)C)C(=O)c3cc(-c4ccccc4)on3)nc12. The lowest BCUT2D eigenvalue weighted by Gasteiger charge is -2.20. The van der Waals surface area contributed by atoms with Crippen molar-refractivity contribution in [2.24, 2.45) is 0 Å². The lowest BCUT2D eigenvalue weighted by molar-refractivity contribution is 0.0976. The van der Waals surface area contributed by atoms with E-state index in [1.807, 2.05) is 68.4 Å². The van der Waals surface area contributed by atoms with Gasteiger partial charge in [-0.05, 0) is 38.7 Å². The molecule has 2 heterocycles. The summed E-state index contributed by atoms with van der Waals surface area (Å²) in [7, 11) is 3.93. The van der Waals surface area contributed by atoms with Crippen LogP contribution in [0.25, 0.3) is 21.5 Å². The number of hydrogen-bond donors (Lipinski definition) is 0. The molecule has 6 nitrogen and oxygen atoms in total. The summed E-state index contributed by atoms with van der Waals surface area (Å²) in [5.74, 6) is 0.309. The van der Waals surface area contributed by atoms with Gasteiger partial charge in [-0.25, -0.2) is 4.98 Å². The molecule has 2 aromatic heterocycles. The van der Waals surface area contributed by atoms with Crippen LogP contribution in [0.1, 0.15) is 16.1 Å². The molecule has 154 valence electrons. The van der Waals surface area contributed by atoms with E-state index in [-0.39, 0.29) is 11.6 Å². The molecule has 4 aromatic rings. The van der Waals surface area contributed by atoms with E-state index in [0.717, 1.165) is 21.3 Å². The second-order valence-electron chi connectivity index (χ2n) is 7.27. The Balaban J connectivity index is 1.70.